The van der Waals surface area contributed by atoms with E-state index in [0.717, 1.165) is 19.4 Å². The van der Waals surface area contributed by atoms with Gasteiger partial charge in [-0.2, -0.15) is 5.26 Å². The number of carbonyl (C=O) groups is 1. The molecule has 0 unspecified atom stereocenters. The Bertz CT molecular complexity index is 387. The quantitative estimate of drug-likeness (QED) is 0.748. The van der Waals surface area contributed by atoms with Gasteiger partial charge in [0, 0.05) is 20.1 Å². The summed E-state index contributed by atoms with van der Waals surface area (Å²) in [5.74, 6) is 0.715. The fourth-order valence-corrected chi connectivity index (χ4v) is 3.49. The number of ether oxygens (including phenoxy) is 1. The van der Waals surface area contributed by atoms with Crippen LogP contribution in [0.1, 0.15) is 51.9 Å². The topological polar surface area (TPSA) is 56.6 Å². The van der Waals surface area contributed by atoms with Crippen molar-refractivity contribution < 1.29 is 9.53 Å². The minimum Gasteiger partial charge on any atom is -0.446 e. The highest BCUT2D eigenvalue weighted by Crippen LogP contribution is 2.28. The van der Waals surface area contributed by atoms with Gasteiger partial charge in [0.25, 0.3) is 0 Å². The lowest BCUT2D eigenvalue weighted by molar-refractivity contribution is 0.0538. The van der Waals surface area contributed by atoms with Gasteiger partial charge in [0.1, 0.15) is 6.10 Å². The number of nitriles is 1. The van der Waals surface area contributed by atoms with Gasteiger partial charge < -0.3 is 14.5 Å². The number of nitrogens with zero attached hydrogens (tertiary/aromatic N) is 3. The SMILES string of the molecule is C[C@@H](CC1CCCCC1)OC(=O)N(C)[C@H]1CCN(C#N)C1. The van der Waals surface area contributed by atoms with Gasteiger partial charge in [-0.3, -0.25) is 0 Å². The second kappa shape index (κ2) is 7.53. The molecular weight excluding hydrogens is 266 g/mol. The number of likely N-dealkylation sites (N-methyl/N-ethyl adjacent to an activating group) is 1. The molecule has 21 heavy (non-hydrogen) atoms. The van der Waals surface area contributed by atoms with E-state index in [1.165, 1.54) is 32.1 Å². The molecule has 1 saturated carbocycles. The lowest BCUT2D eigenvalue weighted by atomic mass is 9.86. The molecule has 2 atom stereocenters. The van der Waals surface area contributed by atoms with Crippen molar-refractivity contribution in [1.82, 2.24) is 9.80 Å². The summed E-state index contributed by atoms with van der Waals surface area (Å²) in [6.07, 6.45) is 10.2. The summed E-state index contributed by atoms with van der Waals surface area (Å²) in [7, 11) is 1.78. The maximum Gasteiger partial charge on any atom is 0.410 e. The smallest absolute Gasteiger partial charge is 0.410 e. The Labute approximate surface area is 127 Å². The fourth-order valence-electron chi connectivity index (χ4n) is 3.49. The largest absolute Gasteiger partial charge is 0.446 e. The maximum absolute atomic E-state index is 12.2. The zero-order valence-electron chi connectivity index (χ0n) is 13.3. The zero-order chi connectivity index (χ0) is 15.2. The number of amides is 1. The summed E-state index contributed by atoms with van der Waals surface area (Å²) in [5, 5.41) is 8.87. The van der Waals surface area contributed by atoms with E-state index in [-0.39, 0.29) is 18.2 Å². The Morgan fingerprint density at radius 1 is 1.38 bits per heavy atom. The van der Waals surface area contributed by atoms with Gasteiger partial charge in [-0.1, -0.05) is 32.1 Å². The molecule has 0 aromatic carbocycles. The normalized spacial score (nSPS) is 24.4. The summed E-state index contributed by atoms with van der Waals surface area (Å²) in [4.78, 5) is 15.5. The molecule has 2 aliphatic rings. The van der Waals surface area contributed by atoms with Gasteiger partial charge >= 0.3 is 6.09 Å². The molecule has 0 bridgehead atoms. The Hall–Kier alpha value is -1.44. The Morgan fingerprint density at radius 3 is 2.71 bits per heavy atom. The van der Waals surface area contributed by atoms with Crippen LogP contribution in [-0.2, 0) is 4.74 Å². The van der Waals surface area contributed by atoms with Crippen molar-refractivity contribution in [1.29, 1.82) is 5.26 Å². The van der Waals surface area contributed by atoms with E-state index >= 15 is 0 Å². The predicted octanol–water partition coefficient (Wildman–Crippen LogP) is 2.97. The van der Waals surface area contributed by atoms with Crippen LogP contribution in [0.15, 0.2) is 0 Å². The van der Waals surface area contributed by atoms with E-state index in [4.69, 9.17) is 10.00 Å². The first-order valence-electron chi connectivity index (χ1n) is 8.18. The van der Waals surface area contributed by atoms with Crippen LogP contribution in [0.4, 0.5) is 4.79 Å². The Balaban J connectivity index is 1.73. The molecule has 1 heterocycles. The summed E-state index contributed by atoms with van der Waals surface area (Å²) >= 11 is 0. The van der Waals surface area contributed by atoms with Gasteiger partial charge in [0.2, 0.25) is 0 Å². The lowest BCUT2D eigenvalue weighted by Crippen LogP contribution is -2.40. The average molecular weight is 293 g/mol. The standard InChI is InChI=1S/C16H27N3O2/c1-13(10-14-6-4-3-5-7-14)21-16(20)18(2)15-8-9-19(11-15)12-17/h13-15H,3-11H2,1-2H3/t13-,15-/m0/s1. The van der Waals surface area contributed by atoms with E-state index in [1.54, 1.807) is 16.8 Å². The van der Waals surface area contributed by atoms with Crippen molar-refractivity contribution in [2.45, 2.75) is 64.0 Å². The van der Waals surface area contributed by atoms with Crippen molar-refractivity contribution in [3.63, 3.8) is 0 Å². The molecule has 2 rings (SSSR count). The third-order valence-electron chi connectivity index (χ3n) is 4.83. The first-order valence-corrected chi connectivity index (χ1v) is 8.18. The minimum absolute atomic E-state index is 0.0171. The summed E-state index contributed by atoms with van der Waals surface area (Å²) in [6.45, 7) is 3.35. The van der Waals surface area contributed by atoms with Crippen LogP contribution in [0.2, 0.25) is 0 Å². The molecule has 0 spiro atoms. The van der Waals surface area contributed by atoms with Crippen molar-refractivity contribution in [3.8, 4) is 6.19 Å². The summed E-state index contributed by atoms with van der Waals surface area (Å²) in [6, 6.07) is 0.0963. The van der Waals surface area contributed by atoms with E-state index in [0.29, 0.717) is 12.5 Å². The Kier molecular flexibility index (Phi) is 5.72. The molecule has 5 nitrogen and oxygen atoms in total. The van der Waals surface area contributed by atoms with Crippen molar-refractivity contribution in [2.24, 2.45) is 5.92 Å². The van der Waals surface area contributed by atoms with Crippen molar-refractivity contribution in [2.75, 3.05) is 20.1 Å². The monoisotopic (exact) mass is 293 g/mol. The number of carbonyl (C=O) groups excluding carboxylic acids is 1. The molecule has 0 N–H and O–H groups in total. The molecule has 0 aromatic heterocycles. The van der Waals surface area contributed by atoms with Crippen molar-refractivity contribution in [3.05, 3.63) is 0 Å². The van der Waals surface area contributed by atoms with E-state index in [9.17, 15) is 4.79 Å². The number of likely N-dealkylation sites (tertiary alicyclic amines) is 1. The van der Waals surface area contributed by atoms with Gasteiger partial charge in [0.05, 0.1) is 6.04 Å². The first-order chi connectivity index (χ1) is 10.1. The first kappa shape index (κ1) is 15.9. The van der Waals surface area contributed by atoms with Crippen LogP contribution in [0.5, 0.6) is 0 Å². The molecule has 1 aliphatic heterocycles. The number of hydrogen-bond donors (Lipinski definition) is 0. The second-order valence-electron chi connectivity index (χ2n) is 6.53. The average Bonchev–Trinajstić information content (AvgIpc) is 2.96. The maximum atomic E-state index is 12.2. The molecule has 1 aliphatic carbocycles. The summed E-state index contributed by atoms with van der Waals surface area (Å²) in [5.41, 5.74) is 0. The zero-order valence-corrected chi connectivity index (χ0v) is 13.3. The van der Waals surface area contributed by atoms with Gasteiger partial charge in [-0.25, -0.2) is 4.79 Å². The number of rotatable bonds is 4. The molecule has 0 aromatic rings. The van der Waals surface area contributed by atoms with Crippen molar-refractivity contribution >= 4 is 6.09 Å². The minimum atomic E-state index is -0.247. The highest BCUT2D eigenvalue weighted by molar-refractivity contribution is 5.68. The molecular formula is C16H27N3O2. The predicted molar refractivity (Wildman–Crippen MR) is 80.5 cm³/mol. The van der Waals surface area contributed by atoms with Crippen LogP contribution in [-0.4, -0.2) is 48.2 Å². The molecule has 0 radical (unpaired) electrons. The molecule has 2 fully saturated rings. The van der Waals surface area contributed by atoms with E-state index < -0.39 is 0 Å². The Morgan fingerprint density at radius 2 is 2.10 bits per heavy atom. The van der Waals surface area contributed by atoms with Crippen LogP contribution < -0.4 is 0 Å². The van der Waals surface area contributed by atoms with Crippen LogP contribution in [0.25, 0.3) is 0 Å². The van der Waals surface area contributed by atoms with Crippen LogP contribution >= 0.6 is 0 Å². The molecule has 118 valence electrons. The van der Waals surface area contributed by atoms with Gasteiger partial charge in [-0.15, -0.1) is 0 Å². The highest BCUT2D eigenvalue weighted by Gasteiger charge is 2.29. The highest BCUT2D eigenvalue weighted by atomic mass is 16.6. The number of hydrogen-bond acceptors (Lipinski definition) is 4. The molecule has 5 heteroatoms. The summed E-state index contributed by atoms with van der Waals surface area (Å²) < 4.78 is 5.58. The second-order valence-corrected chi connectivity index (χ2v) is 6.53. The third kappa shape index (κ3) is 4.52. The van der Waals surface area contributed by atoms with Crippen LogP contribution in [0.3, 0.4) is 0 Å². The lowest BCUT2D eigenvalue weighted by Gasteiger charge is -2.28. The molecule has 1 saturated heterocycles. The van der Waals surface area contributed by atoms with Gasteiger partial charge in [0.15, 0.2) is 6.19 Å². The van der Waals surface area contributed by atoms with E-state index in [1.807, 2.05) is 6.92 Å². The van der Waals surface area contributed by atoms with Crippen LogP contribution in [0, 0.1) is 17.4 Å². The molecule has 1 amide bonds. The van der Waals surface area contributed by atoms with E-state index in [2.05, 4.69) is 6.19 Å². The van der Waals surface area contributed by atoms with Gasteiger partial charge in [-0.05, 0) is 25.7 Å². The fraction of sp³-hybridized carbons (Fsp3) is 0.875. The third-order valence-corrected chi connectivity index (χ3v) is 4.83.